The molecule has 1 unspecified atom stereocenters. The lowest BCUT2D eigenvalue weighted by Crippen LogP contribution is -2.30. The summed E-state index contributed by atoms with van der Waals surface area (Å²) in [6.45, 7) is 1.83. The minimum absolute atomic E-state index is 0.152. The Hall–Kier alpha value is -1.15. The quantitative estimate of drug-likeness (QED) is 0.904. The number of thiophene rings is 1. The summed E-state index contributed by atoms with van der Waals surface area (Å²) in [5.41, 5.74) is 6.61. The van der Waals surface area contributed by atoms with Gasteiger partial charge in [-0.05, 0) is 43.2 Å². The molecule has 0 aromatic carbocycles. The Kier molecular flexibility index (Phi) is 3.92. The topological polar surface area (TPSA) is 85.3 Å². The van der Waals surface area contributed by atoms with Gasteiger partial charge in [-0.2, -0.15) is 0 Å². The Morgan fingerprint density at radius 2 is 2.33 bits per heavy atom. The number of nitrogens with one attached hydrogen (secondary N) is 1. The maximum absolute atomic E-state index is 12.6. The monoisotopic (exact) mass is 326 g/mol. The largest absolute Gasteiger partial charge is 0.464 e. The average Bonchev–Trinajstić information content (AvgIpc) is 3.05. The molecule has 2 heterocycles. The average molecular weight is 326 g/mol. The van der Waals surface area contributed by atoms with E-state index in [9.17, 15) is 8.42 Å². The van der Waals surface area contributed by atoms with Crippen LogP contribution < -0.4 is 10.5 Å². The van der Waals surface area contributed by atoms with Gasteiger partial charge in [-0.25, -0.2) is 13.1 Å². The fourth-order valence-electron chi connectivity index (χ4n) is 2.75. The molecular weight excluding hydrogens is 308 g/mol. The second-order valence-electron chi connectivity index (χ2n) is 5.20. The summed E-state index contributed by atoms with van der Waals surface area (Å²) < 4.78 is 33.3. The second kappa shape index (κ2) is 5.57. The van der Waals surface area contributed by atoms with Gasteiger partial charge in [0.2, 0.25) is 10.0 Å². The molecule has 0 bridgehead atoms. The van der Waals surface area contributed by atoms with Crippen LogP contribution in [0.3, 0.4) is 0 Å². The molecule has 7 heteroatoms. The highest BCUT2D eigenvalue weighted by Crippen LogP contribution is 2.34. The van der Waals surface area contributed by atoms with Crippen molar-refractivity contribution in [1.29, 1.82) is 0 Å². The molecule has 0 spiro atoms. The number of sulfonamides is 1. The first-order chi connectivity index (χ1) is 10.0. The summed E-state index contributed by atoms with van der Waals surface area (Å²) in [4.78, 5) is 1.46. The van der Waals surface area contributed by atoms with Gasteiger partial charge in [0.05, 0.1) is 6.54 Å². The summed E-state index contributed by atoms with van der Waals surface area (Å²) in [7, 11) is -3.60. The predicted octanol–water partition coefficient (Wildman–Crippen LogP) is 2.46. The van der Waals surface area contributed by atoms with E-state index in [1.165, 1.54) is 10.9 Å². The van der Waals surface area contributed by atoms with Crippen LogP contribution in [0.25, 0.3) is 0 Å². The highest BCUT2D eigenvalue weighted by Gasteiger charge is 2.28. The predicted molar refractivity (Wildman–Crippen MR) is 81.7 cm³/mol. The zero-order valence-corrected chi connectivity index (χ0v) is 13.4. The van der Waals surface area contributed by atoms with Crippen LogP contribution in [0.4, 0.5) is 0 Å². The normalized spacial score (nSPS) is 18.7. The van der Waals surface area contributed by atoms with E-state index in [2.05, 4.69) is 4.72 Å². The van der Waals surface area contributed by atoms with E-state index < -0.39 is 10.0 Å². The summed E-state index contributed by atoms with van der Waals surface area (Å²) in [6.07, 6.45) is 2.86. The molecule has 2 aromatic heterocycles. The van der Waals surface area contributed by atoms with E-state index in [1.54, 1.807) is 18.3 Å². The number of rotatable bonds is 4. The van der Waals surface area contributed by atoms with Gasteiger partial charge >= 0.3 is 0 Å². The lowest BCUT2D eigenvalue weighted by atomic mass is 9.95. The smallest absolute Gasteiger partial charge is 0.244 e. The van der Waals surface area contributed by atoms with E-state index in [1.807, 2.05) is 11.4 Å². The Morgan fingerprint density at radius 3 is 3.05 bits per heavy atom. The van der Waals surface area contributed by atoms with Crippen molar-refractivity contribution in [2.75, 3.05) is 0 Å². The van der Waals surface area contributed by atoms with Gasteiger partial charge in [0.15, 0.2) is 0 Å². The first-order valence-corrected chi connectivity index (χ1v) is 9.25. The van der Waals surface area contributed by atoms with Crippen LogP contribution in [0.1, 0.15) is 40.8 Å². The van der Waals surface area contributed by atoms with Gasteiger partial charge in [-0.15, -0.1) is 11.3 Å². The van der Waals surface area contributed by atoms with Crippen LogP contribution in [-0.2, 0) is 23.0 Å². The Balaban J connectivity index is 1.89. The van der Waals surface area contributed by atoms with Crippen LogP contribution in [0.2, 0.25) is 0 Å². The van der Waals surface area contributed by atoms with Crippen LogP contribution in [0, 0.1) is 6.92 Å². The lowest BCUT2D eigenvalue weighted by Gasteiger charge is -2.23. The molecule has 21 heavy (non-hydrogen) atoms. The summed E-state index contributed by atoms with van der Waals surface area (Å²) in [6, 6.07) is 3.37. The highest BCUT2D eigenvalue weighted by molar-refractivity contribution is 7.89. The zero-order chi connectivity index (χ0) is 15.0. The molecule has 1 aliphatic carbocycles. The number of hydrogen-bond acceptors (Lipinski definition) is 5. The van der Waals surface area contributed by atoms with Crippen molar-refractivity contribution in [3.8, 4) is 0 Å². The van der Waals surface area contributed by atoms with Gasteiger partial charge in [0, 0.05) is 17.0 Å². The third kappa shape index (κ3) is 2.78. The SMILES string of the molecule is Cc1oc(CN)cc1S(=O)(=O)NC1CCCc2sccc21. The van der Waals surface area contributed by atoms with Crippen molar-refractivity contribution < 1.29 is 12.8 Å². The molecule has 3 N–H and O–H groups in total. The van der Waals surface area contributed by atoms with E-state index >= 15 is 0 Å². The van der Waals surface area contributed by atoms with Gasteiger partial charge in [-0.3, -0.25) is 0 Å². The van der Waals surface area contributed by atoms with Gasteiger partial charge in [0.1, 0.15) is 16.4 Å². The molecule has 0 fully saturated rings. The molecule has 3 rings (SSSR count). The number of furan rings is 1. The first kappa shape index (κ1) is 14.8. The van der Waals surface area contributed by atoms with Crippen molar-refractivity contribution in [2.24, 2.45) is 5.73 Å². The Labute approximate surface area is 128 Å². The van der Waals surface area contributed by atoms with Crippen molar-refractivity contribution >= 4 is 21.4 Å². The lowest BCUT2D eigenvalue weighted by molar-refractivity contribution is 0.476. The van der Waals surface area contributed by atoms with Crippen molar-refractivity contribution in [3.63, 3.8) is 0 Å². The van der Waals surface area contributed by atoms with Crippen molar-refractivity contribution in [2.45, 2.75) is 43.7 Å². The van der Waals surface area contributed by atoms with Crippen molar-refractivity contribution in [3.05, 3.63) is 39.5 Å². The van der Waals surface area contributed by atoms with Gasteiger partial charge < -0.3 is 10.2 Å². The second-order valence-corrected chi connectivity index (χ2v) is 7.89. The minimum Gasteiger partial charge on any atom is -0.464 e. The number of aryl methyl sites for hydroxylation is 2. The summed E-state index contributed by atoms with van der Waals surface area (Å²) >= 11 is 1.69. The van der Waals surface area contributed by atoms with E-state index in [-0.39, 0.29) is 17.5 Å². The van der Waals surface area contributed by atoms with Crippen LogP contribution >= 0.6 is 11.3 Å². The number of fused-ring (bicyclic) bond motifs is 1. The maximum atomic E-state index is 12.6. The number of nitrogens with two attached hydrogens (primary N) is 1. The molecular formula is C14H18N2O3S2. The molecule has 1 atom stereocenters. The van der Waals surface area contributed by atoms with Gasteiger partial charge in [-0.1, -0.05) is 0 Å². The van der Waals surface area contributed by atoms with E-state index in [0.717, 1.165) is 24.8 Å². The molecule has 114 valence electrons. The molecule has 5 nitrogen and oxygen atoms in total. The zero-order valence-electron chi connectivity index (χ0n) is 11.8. The van der Waals surface area contributed by atoms with E-state index in [4.69, 9.17) is 10.2 Å². The molecule has 0 aliphatic heterocycles. The highest BCUT2D eigenvalue weighted by atomic mass is 32.2. The summed E-state index contributed by atoms with van der Waals surface area (Å²) in [5.74, 6) is 0.858. The molecule has 0 saturated carbocycles. The minimum atomic E-state index is -3.60. The van der Waals surface area contributed by atoms with Crippen molar-refractivity contribution in [1.82, 2.24) is 4.72 Å². The molecule has 0 radical (unpaired) electrons. The third-order valence-electron chi connectivity index (χ3n) is 3.76. The summed E-state index contributed by atoms with van der Waals surface area (Å²) in [5, 5.41) is 2.02. The molecule has 0 saturated heterocycles. The molecule has 2 aromatic rings. The Morgan fingerprint density at radius 1 is 1.52 bits per heavy atom. The van der Waals surface area contributed by atoms with Crippen LogP contribution in [0.5, 0.6) is 0 Å². The number of hydrogen-bond donors (Lipinski definition) is 2. The molecule has 1 aliphatic rings. The van der Waals surface area contributed by atoms with E-state index in [0.29, 0.717) is 11.5 Å². The fourth-order valence-corrected chi connectivity index (χ4v) is 5.19. The maximum Gasteiger partial charge on any atom is 0.244 e. The molecule has 0 amide bonds. The van der Waals surface area contributed by atoms with Crippen LogP contribution in [0.15, 0.2) is 26.8 Å². The first-order valence-electron chi connectivity index (χ1n) is 6.89. The third-order valence-corrected chi connectivity index (χ3v) is 6.34. The Bertz CT molecular complexity index is 746. The standard InChI is InChI=1S/C14H18N2O3S2/c1-9-14(7-10(8-15)19-9)21(17,18)16-12-3-2-4-13-11(12)5-6-20-13/h5-7,12,16H,2-4,8,15H2,1H3. The fraction of sp³-hybridized carbons (Fsp3) is 0.429. The van der Waals surface area contributed by atoms with Crippen LogP contribution in [-0.4, -0.2) is 8.42 Å². The van der Waals surface area contributed by atoms with Gasteiger partial charge in [0.25, 0.3) is 0 Å².